The maximum atomic E-state index is 10.6. The van der Waals surface area contributed by atoms with Crippen LogP contribution >= 0.6 is 20.8 Å². The van der Waals surface area contributed by atoms with Crippen molar-refractivity contribution in [2.75, 3.05) is 0 Å². The Hall–Kier alpha value is -0.570. The summed E-state index contributed by atoms with van der Waals surface area (Å²) in [5, 5.41) is 3.14. The van der Waals surface area contributed by atoms with E-state index in [1.54, 1.807) is 11.3 Å². The summed E-state index contributed by atoms with van der Waals surface area (Å²) >= 11 is 1.65. The van der Waals surface area contributed by atoms with Gasteiger partial charge in [0.15, 0.2) is 0 Å². The number of allylic oxidation sites excluding steroid dienone is 1. The number of aromatic nitrogens is 1. The molecule has 2 unspecified atom stereocenters. The molecule has 0 amide bonds. The second kappa shape index (κ2) is 6.55. The van der Waals surface area contributed by atoms with Gasteiger partial charge >= 0.3 is 0 Å². The Balaban J connectivity index is 2.94. The van der Waals surface area contributed by atoms with Gasteiger partial charge < -0.3 is 9.32 Å². The van der Waals surface area contributed by atoms with Crippen molar-refractivity contribution in [1.82, 2.24) is 4.98 Å². The van der Waals surface area contributed by atoms with Crippen molar-refractivity contribution in [2.45, 2.75) is 45.6 Å². The zero-order valence-corrected chi connectivity index (χ0v) is 13.2. The molecule has 0 bridgehead atoms. The number of nitrogens with zero attached hydrogens (tertiary/aromatic N) is 1. The van der Waals surface area contributed by atoms with Gasteiger partial charge in [0, 0.05) is 26.7 Å². The van der Waals surface area contributed by atoms with Crippen molar-refractivity contribution in [3.63, 3.8) is 0 Å². The fourth-order valence-electron chi connectivity index (χ4n) is 1.83. The summed E-state index contributed by atoms with van der Waals surface area (Å²) in [6, 6.07) is 0. The number of aldehydes is 1. The number of hydrogen-bond donors (Lipinski definition) is 0. The fourth-order valence-corrected chi connectivity index (χ4v) is 2.95. The topological polar surface area (TPSA) is 39.2 Å². The Morgan fingerprint density at radius 3 is 2.78 bits per heavy atom. The minimum Gasteiger partial charge on any atom is -0.358 e. The predicted octanol–water partition coefficient (Wildman–Crippen LogP) is 3.44. The second-order valence-electron chi connectivity index (χ2n) is 4.89. The van der Waals surface area contributed by atoms with Crippen molar-refractivity contribution < 1.29 is 9.32 Å². The van der Waals surface area contributed by atoms with E-state index in [1.165, 1.54) is 0 Å². The molecule has 1 heterocycles. The predicted molar refractivity (Wildman–Crippen MR) is 78.9 cm³/mol. The van der Waals surface area contributed by atoms with Crippen molar-refractivity contribution in [2.24, 2.45) is 0 Å². The fraction of sp³-hybridized carbons (Fsp3) is 0.538. The summed E-state index contributed by atoms with van der Waals surface area (Å²) in [6.07, 6.45) is 3.20. The zero-order chi connectivity index (χ0) is 13.8. The molecule has 1 aromatic heterocycles. The Labute approximate surface area is 115 Å². The van der Waals surface area contributed by atoms with Gasteiger partial charge in [0.25, 0.3) is 0 Å². The Morgan fingerprint density at radius 1 is 1.67 bits per heavy atom. The lowest BCUT2D eigenvalue weighted by atomic mass is 9.86. The van der Waals surface area contributed by atoms with Gasteiger partial charge in [-0.2, -0.15) is 0 Å². The zero-order valence-electron chi connectivity index (χ0n) is 11.3. The monoisotopic (exact) mass is 285 g/mol. The highest BCUT2D eigenvalue weighted by atomic mass is 32.1. The van der Waals surface area contributed by atoms with Gasteiger partial charge in [0.1, 0.15) is 6.29 Å². The van der Waals surface area contributed by atoms with Crippen LogP contribution in [-0.2, 0) is 14.7 Å². The molecule has 0 aliphatic carbocycles. The highest BCUT2D eigenvalue weighted by Gasteiger charge is 2.22. The molecule has 2 atom stereocenters. The molecular formula is C13H20NO2PS. The molecule has 0 N–H and O–H groups in total. The Bertz CT molecular complexity index is 440. The van der Waals surface area contributed by atoms with E-state index in [9.17, 15) is 4.79 Å². The lowest BCUT2D eigenvalue weighted by Gasteiger charge is -2.22. The maximum absolute atomic E-state index is 10.6. The van der Waals surface area contributed by atoms with E-state index in [4.69, 9.17) is 4.52 Å². The Morgan fingerprint density at radius 2 is 2.33 bits per heavy atom. The average molecular weight is 285 g/mol. The van der Waals surface area contributed by atoms with Crippen molar-refractivity contribution in [1.29, 1.82) is 0 Å². The molecule has 0 saturated carbocycles. The minimum absolute atomic E-state index is 0.154. The number of hydrogen-bond acceptors (Lipinski definition) is 4. The third-order valence-corrected chi connectivity index (χ3v) is 3.95. The normalized spacial score (nSPS) is 14.6. The molecule has 5 heteroatoms. The van der Waals surface area contributed by atoms with E-state index < -0.39 is 0 Å². The smallest absolute Gasteiger partial charge is 0.122 e. The Kier molecular flexibility index (Phi) is 5.64. The number of carbonyl (C=O) groups is 1. The molecule has 18 heavy (non-hydrogen) atoms. The third-order valence-electron chi connectivity index (χ3n) is 2.85. The van der Waals surface area contributed by atoms with E-state index in [0.717, 1.165) is 22.6 Å². The number of aryl methyl sites for hydroxylation is 1. The molecule has 0 aliphatic heterocycles. The van der Waals surface area contributed by atoms with Crippen molar-refractivity contribution in [3.8, 4) is 0 Å². The summed E-state index contributed by atoms with van der Waals surface area (Å²) < 4.78 is 5.24. The highest BCUT2D eigenvalue weighted by Crippen LogP contribution is 2.28. The second-order valence-corrected chi connectivity index (χ2v) is 6.22. The van der Waals surface area contributed by atoms with Gasteiger partial charge in [-0.3, -0.25) is 0 Å². The van der Waals surface area contributed by atoms with Crippen LogP contribution in [0, 0.1) is 6.92 Å². The molecule has 0 aromatic carbocycles. The first kappa shape index (κ1) is 15.5. The molecule has 0 spiro atoms. The van der Waals surface area contributed by atoms with E-state index in [1.807, 2.05) is 13.8 Å². The first-order chi connectivity index (χ1) is 8.40. The molecule has 1 rings (SSSR count). The molecule has 1 aromatic rings. The average Bonchev–Trinajstić information content (AvgIpc) is 2.72. The van der Waals surface area contributed by atoms with Gasteiger partial charge in [-0.1, -0.05) is 19.9 Å². The van der Waals surface area contributed by atoms with Crippen LogP contribution in [0.15, 0.2) is 17.0 Å². The van der Waals surface area contributed by atoms with Crippen molar-refractivity contribution in [3.05, 3.63) is 27.7 Å². The molecule has 100 valence electrons. The first-order valence-corrected chi connectivity index (χ1v) is 7.17. The lowest BCUT2D eigenvalue weighted by molar-refractivity contribution is -0.108. The maximum Gasteiger partial charge on any atom is 0.122 e. The summed E-state index contributed by atoms with van der Waals surface area (Å²) in [6.45, 7) is 8.22. The van der Waals surface area contributed by atoms with Gasteiger partial charge in [-0.05, 0) is 19.4 Å². The quantitative estimate of drug-likeness (QED) is 0.456. The summed E-state index contributed by atoms with van der Waals surface area (Å²) in [5.74, 6) is 0. The van der Waals surface area contributed by atoms with Crippen LogP contribution in [0.1, 0.15) is 37.9 Å². The third kappa shape index (κ3) is 3.98. The van der Waals surface area contributed by atoms with Crippen LogP contribution in [0.3, 0.4) is 0 Å². The van der Waals surface area contributed by atoms with Crippen LogP contribution in [0.5, 0.6) is 0 Å². The molecule has 0 fully saturated rings. The standard InChI is InChI=1S/C13H20NO2PS/c1-9(11(16-17)5-6-15)7-13(3,4)12-8-18-10(2)14-12/h6-8,11H,5,17H2,1-4H3/b9-7+. The number of carbonyl (C=O) groups excluding carboxylic acids is 1. The van der Waals surface area contributed by atoms with Gasteiger partial charge in [0.05, 0.1) is 16.8 Å². The SMILES string of the molecule is C/C(=C\C(C)(C)c1csc(C)n1)C(CC=O)OP. The van der Waals surface area contributed by atoms with Crippen molar-refractivity contribution >= 4 is 27.1 Å². The summed E-state index contributed by atoms with van der Waals surface area (Å²) in [5.41, 5.74) is 1.95. The molecule has 0 aliphatic rings. The molecular weight excluding hydrogens is 265 g/mol. The van der Waals surface area contributed by atoms with Crippen LogP contribution in [-0.4, -0.2) is 17.4 Å². The lowest BCUT2D eigenvalue weighted by Crippen LogP contribution is -2.19. The largest absolute Gasteiger partial charge is 0.358 e. The van der Waals surface area contributed by atoms with E-state index in [2.05, 4.69) is 39.8 Å². The van der Waals surface area contributed by atoms with E-state index >= 15 is 0 Å². The van der Waals surface area contributed by atoms with Crippen LogP contribution < -0.4 is 0 Å². The van der Waals surface area contributed by atoms with E-state index in [0.29, 0.717) is 6.42 Å². The van der Waals surface area contributed by atoms with Crippen LogP contribution in [0.4, 0.5) is 0 Å². The van der Waals surface area contributed by atoms with Gasteiger partial charge in [-0.15, -0.1) is 11.3 Å². The van der Waals surface area contributed by atoms with Gasteiger partial charge in [0.2, 0.25) is 0 Å². The minimum atomic E-state index is -0.175. The van der Waals surface area contributed by atoms with Crippen LogP contribution in [0.25, 0.3) is 0 Å². The number of rotatable bonds is 6. The molecule has 3 nitrogen and oxygen atoms in total. The number of thiazole rings is 1. The first-order valence-electron chi connectivity index (χ1n) is 5.82. The summed E-state index contributed by atoms with van der Waals surface area (Å²) in [7, 11) is 2.23. The molecule has 0 saturated heterocycles. The molecule has 0 radical (unpaired) electrons. The van der Waals surface area contributed by atoms with Crippen LogP contribution in [0.2, 0.25) is 0 Å². The van der Waals surface area contributed by atoms with Gasteiger partial charge in [-0.25, -0.2) is 4.98 Å². The van der Waals surface area contributed by atoms with E-state index in [-0.39, 0.29) is 11.5 Å². The summed E-state index contributed by atoms with van der Waals surface area (Å²) in [4.78, 5) is 15.1. The highest BCUT2D eigenvalue weighted by molar-refractivity contribution is 7.10.